The van der Waals surface area contributed by atoms with Gasteiger partial charge in [-0.25, -0.2) is 9.59 Å². The first-order valence-corrected chi connectivity index (χ1v) is 22.6. The molecule has 0 spiro atoms. The fourth-order valence-electron chi connectivity index (χ4n) is 10.7. The summed E-state index contributed by atoms with van der Waals surface area (Å²) in [5.41, 5.74) is -7.38. The molecule has 1 saturated heterocycles. The zero-order valence-electron chi connectivity index (χ0n) is 39.2. The highest BCUT2D eigenvalue weighted by molar-refractivity contribution is 5.96. The first-order chi connectivity index (χ1) is 32.7. The number of aliphatic hydroxyl groups excluding tert-OH is 1. The second-order valence-electron chi connectivity index (χ2n) is 18.7. The number of carbonyl (C=O) groups excluding carboxylic acids is 8. The molecule has 2 saturated carbocycles. The maximum Gasteiger partial charge on any atom is 0.350 e. The van der Waals surface area contributed by atoms with Crippen LogP contribution in [0.2, 0.25) is 0 Å². The molecule has 7 rings (SSSR count). The summed E-state index contributed by atoms with van der Waals surface area (Å²) in [6, 6.07) is 22.8. The van der Waals surface area contributed by atoms with E-state index < -0.39 is 119 Å². The van der Waals surface area contributed by atoms with Crippen molar-refractivity contribution in [1.82, 2.24) is 5.32 Å². The van der Waals surface area contributed by atoms with E-state index in [9.17, 15) is 34.2 Å². The number of esters is 5. The Labute approximate surface area is 399 Å². The molecule has 3 aliphatic carbocycles. The van der Waals surface area contributed by atoms with Gasteiger partial charge in [-0.15, -0.1) is 0 Å². The highest BCUT2D eigenvalue weighted by atomic mass is 16.6. The Kier molecular flexibility index (Phi) is 14.4. The van der Waals surface area contributed by atoms with E-state index in [-0.39, 0.29) is 48.1 Å². The van der Waals surface area contributed by atoms with E-state index in [4.69, 9.17) is 32.8 Å². The molecule has 3 fully saturated rings. The van der Waals surface area contributed by atoms with Gasteiger partial charge in [-0.3, -0.25) is 24.0 Å². The van der Waals surface area contributed by atoms with E-state index >= 15 is 9.59 Å². The molecule has 4 aliphatic rings. The van der Waals surface area contributed by atoms with Crippen LogP contribution in [0.15, 0.2) is 102 Å². The van der Waals surface area contributed by atoms with E-state index in [1.165, 1.54) is 32.6 Å². The van der Waals surface area contributed by atoms with Crippen LogP contribution in [-0.4, -0.2) is 113 Å². The molecule has 1 heterocycles. The van der Waals surface area contributed by atoms with Gasteiger partial charge < -0.3 is 48.4 Å². The number of hydrogen-bond donors (Lipinski definition) is 3. The third kappa shape index (κ3) is 9.18. The molecule has 3 aromatic rings. The molecule has 17 heteroatoms. The van der Waals surface area contributed by atoms with Crippen LogP contribution in [0.1, 0.15) is 99.5 Å². The average Bonchev–Trinajstić information content (AvgIpc) is 3.31. The summed E-state index contributed by atoms with van der Waals surface area (Å²) in [5, 5.41) is 28.9. The molecule has 1 aliphatic heterocycles. The molecule has 17 nitrogen and oxygen atoms in total. The Balaban J connectivity index is 1.42. The summed E-state index contributed by atoms with van der Waals surface area (Å²) in [6.45, 7) is 12.4. The van der Waals surface area contributed by atoms with E-state index in [1.807, 2.05) is 0 Å². The number of rotatable bonds is 15. The highest BCUT2D eigenvalue weighted by Crippen LogP contribution is 2.64. The Hall–Kier alpha value is -6.69. The van der Waals surface area contributed by atoms with E-state index in [0.29, 0.717) is 5.56 Å². The Morgan fingerprint density at radius 3 is 2.06 bits per heavy atom. The largest absolute Gasteiger partial charge is 0.455 e. The SMILES string of the molecule is C=[O+][CH-]CCC(=O)O[C@@H](C(=O)O[C@H]1C[C@@]2(O)[C@@H](OC(=O)c3ccccc3)[C@@H]3[C@]4(OC(C)=O)CO[C@@H]4C[C@H](O)[C@@]3(C)C(=O)[C@H](OC(C)=O)C(=C1C)C2(C)C)[C@@H](NC(=O)c1ccccc1)c1ccccc1. The molecule has 366 valence electrons. The minimum Gasteiger partial charge on any atom is -0.455 e. The number of fused-ring (bicyclic) bond motifs is 5. The van der Waals surface area contributed by atoms with Crippen LogP contribution >= 0.6 is 0 Å². The molecule has 0 unspecified atom stereocenters. The molecule has 69 heavy (non-hydrogen) atoms. The van der Waals surface area contributed by atoms with Gasteiger partial charge in [0.1, 0.15) is 43.4 Å². The first-order valence-electron chi connectivity index (χ1n) is 22.6. The fraction of sp³-hybridized carbons (Fsp3) is 0.442. The second-order valence-corrected chi connectivity index (χ2v) is 18.7. The number of carbonyl (C=O) groups is 7. The minimum absolute atomic E-state index is 0.0374. The van der Waals surface area contributed by atoms with Gasteiger partial charge in [0.25, 0.3) is 5.91 Å². The lowest BCUT2D eigenvalue weighted by Gasteiger charge is -2.67. The summed E-state index contributed by atoms with van der Waals surface area (Å²) in [5.74, 6) is -7.88. The van der Waals surface area contributed by atoms with Crippen LogP contribution in [0.3, 0.4) is 0 Å². The first kappa shape index (κ1) is 50.2. The number of benzene rings is 3. The predicted octanol–water partition coefficient (Wildman–Crippen LogP) is 4.59. The normalized spacial score (nSPS) is 29.6. The van der Waals surface area contributed by atoms with Gasteiger partial charge in [0, 0.05) is 44.1 Å². The van der Waals surface area contributed by atoms with Crippen LogP contribution in [0.4, 0.5) is 0 Å². The van der Waals surface area contributed by atoms with Crippen LogP contribution in [-0.2, 0) is 56.8 Å². The van der Waals surface area contributed by atoms with Gasteiger partial charge in [0.05, 0.1) is 29.6 Å². The van der Waals surface area contributed by atoms with Crippen molar-refractivity contribution < 1.29 is 76.6 Å². The third-order valence-corrected chi connectivity index (χ3v) is 14.3. The monoisotopic (exact) mass is 951 g/mol. The zero-order chi connectivity index (χ0) is 50.1. The highest BCUT2D eigenvalue weighted by Gasteiger charge is 2.78. The Morgan fingerprint density at radius 2 is 1.49 bits per heavy atom. The zero-order valence-corrected chi connectivity index (χ0v) is 39.2. The van der Waals surface area contributed by atoms with Gasteiger partial charge in [0.15, 0.2) is 17.5 Å². The standard InChI is InChI=1S/C52H57NO16/c1-29-35(66-48(61)42(67-38(57)24-17-25-63-7)40(32-18-11-8-12-19-32)53-46(59)33-20-13-9-14-21-33)27-52(62)45(68-47(60)34-22-15-10-16-23-34)43-50(6,36(56)26-37-51(43,28-64-37)69-31(3)55)44(58)41(65-30(2)54)39(29)49(52,4)5/h8-16,18-23,25,35-37,40-43,45,56,62H,7,17,24,26-28H2,1-6H3,(H,53,59)/t35-,36-,37+,40-,41+,42+,43-,45-,50+,51-,52+/m0/s1. The van der Waals surface area contributed by atoms with Crippen LogP contribution < -0.4 is 5.32 Å². The molecule has 0 radical (unpaired) electrons. The van der Waals surface area contributed by atoms with Crippen LogP contribution in [0.5, 0.6) is 0 Å². The quantitative estimate of drug-likeness (QED) is 0.0472. The van der Waals surface area contributed by atoms with Gasteiger partial charge in [0.2, 0.25) is 6.10 Å². The van der Waals surface area contributed by atoms with Crippen molar-refractivity contribution in [3.05, 3.63) is 125 Å². The van der Waals surface area contributed by atoms with Gasteiger partial charge in [-0.2, -0.15) is 0 Å². The lowest BCUT2D eigenvalue weighted by atomic mass is 9.44. The van der Waals surface area contributed by atoms with Crippen molar-refractivity contribution in [2.24, 2.45) is 16.7 Å². The lowest BCUT2D eigenvalue weighted by molar-refractivity contribution is -0.400. The van der Waals surface area contributed by atoms with Crippen molar-refractivity contribution in [1.29, 1.82) is 0 Å². The summed E-state index contributed by atoms with van der Waals surface area (Å²) in [7, 11) is 0. The van der Waals surface area contributed by atoms with Gasteiger partial charge >= 0.3 is 29.8 Å². The fourth-order valence-corrected chi connectivity index (χ4v) is 10.7. The molecule has 3 N–H and O–H groups in total. The van der Waals surface area contributed by atoms with E-state index in [1.54, 1.807) is 92.7 Å². The predicted molar refractivity (Wildman–Crippen MR) is 242 cm³/mol. The number of aliphatic hydroxyl groups is 2. The molecular weight excluding hydrogens is 895 g/mol. The van der Waals surface area contributed by atoms with Gasteiger partial charge in [-0.1, -0.05) is 80.6 Å². The number of hydrogen-bond acceptors (Lipinski definition) is 15. The van der Waals surface area contributed by atoms with Crippen molar-refractivity contribution in [3.63, 3.8) is 0 Å². The number of amides is 1. The summed E-state index contributed by atoms with van der Waals surface area (Å²) >= 11 is 0. The van der Waals surface area contributed by atoms with E-state index in [0.717, 1.165) is 13.8 Å². The number of ether oxygens (including phenoxy) is 6. The Morgan fingerprint density at radius 1 is 0.884 bits per heavy atom. The average molecular weight is 952 g/mol. The Bertz CT molecular complexity index is 2510. The number of ketones is 1. The van der Waals surface area contributed by atoms with Crippen molar-refractivity contribution >= 4 is 48.3 Å². The van der Waals surface area contributed by atoms with Gasteiger partial charge in [-0.05, 0) is 61.2 Å². The topological polar surface area (TPSA) is 239 Å². The summed E-state index contributed by atoms with van der Waals surface area (Å²) in [4.78, 5) is 98.9. The number of nitrogens with one attached hydrogen (secondary N) is 1. The third-order valence-electron chi connectivity index (χ3n) is 14.3. The molecular formula is C52H57NO16. The van der Waals surface area contributed by atoms with Crippen molar-refractivity contribution in [3.8, 4) is 0 Å². The van der Waals surface area contributed by atoms with Crippen molar-refractivity contribution in [2.75, 3.05) is 6.61 Å². The maximum atomic E-state index is 15.7. The maximum absolute atomic E-state index is 15.7. The number of Topliss-reactive ketones (excluding diaryl/α,β-unsaturated/α-hetero) is 1. The van der Waals surface area contributed by atoms with E-state index in [2.05, 4.69) is 12.1 Å². The minimum atomic E-state index is -2.46. The summed E-state index contributed by atoms with van der Waals surface area (Å²) < 4.78 is 41.4. The molecule has 3 aromatic carbocycles. The molecule has 2 bridgehead atoms. The lowest BCUT2D eigenvalue weighted by Crippen LogP contribution is -2.82. The van der Waals surface area contributed by atoms with Crippen LogP contribution in [0, 0.1) is 23.4 Å². The summed E-state index contributed by atoms with van der Waals surface area (Å²) in [6.07, 6.45) is -10.9. The molecule has 1 amide bonds. The second kappa shape index (κ2) is 19.7. The smallest absolute Gasteiger partial charge is 0.350 e. The van der Waals surface area contributed by atoms with Crippen LogP contribution in [0.25, 0.3) is 0 Å². The molecule has 0 aromatic heterocycles. The molecule has 11 atom stereocenters. The van der Waals surface area contributed by atoms with Crippen molar-refractivity contribution in [2.45, 2.75) is 121 Å².